The van der Waals surface area contributed by atoms with E-state index in [9.17, 15) is 0 Å². The van der Waals surface area contributed by atoms with Crippen molar-refractivity contribution in [3.8, 4) is 45.3 Å². The van der Waals surface area contributed by atoms with E-state index in [1.54, 1.807) is 11.8 Å². The monoisotopic (exact) mass is 789 g/mol. The van der Waals surface area contributed by atoms with Crippen LogP contribution < -0.4 is 14.4 Å². The Hall–Kier alpha value is -6.23. The molecule has 0 aromatic heterocycles. The van der Waals surface area contributed by atoms with E-state index < -0.39 is 0 Å². The van der Waals surface area contributed by atoms with Gasteiger partial charge in [0.05, 0.1) is 0 Å². The molecule has 3 nitrogen and oxygen atoms in total. The number of hydrogen-bond donors (Lipinski definition) is 0. The fraction of sp³-hybridized carbons (Fsp3) is 0.164. The third-order valence-corrected chi connectivity index (χ3v) is 11.8. The zero-order chi connectivity index (χ0) is 40.8. The van der Waals surface area contributed by atoms with E-state index in [-0.39, 0.29) is 5.41 Å². The van der Waals surface area contributed by atoms with E-state index in [1.807, 2.05) is 30.3 Å². The van der Waals surface area contributed by atoms with Crippen LogP contribution in [0.5, 0.6) is 23.0 Å². The standard InChI is InChI=1S/C55H51NO2S/c1-6-8-17-39(16-7-2)40-26-32-44(33-27-40)56(45-34-28-41(29-35-45)47-19-10-12-23-51(47)57-52-24-13-14-25-53(52)59-5)46-36-30-42(31-37-46)48-20-15-21-49-54(48)58-50-22-11-9-18-43(50)38-55(49,3)4/h8-37H,6-7,38H2,1-5H3/b17-8-,39-16+. The average molecular weight is 790 g/mol. The Balaban J connectivity index is 1.17. The maximum absolute atomic E-state index is 6.78. The van der Waals surface area contributed by atoms with Crippen LogP contribution in [0.4, 0.5) is 17.1 Å². The lowest BCUT2D eigenvalue weighted by molar-refractivity contribution is 0.472. The molecule has 1 aliphatic rings. The van der Waals surface area contributed by atoms with Gasteiger partial charge in [-0.3, -0.25) is 0 Å². The van der Waals surface area contributed by atoms with Crippen molar-refractivity contribution in [2.24, 2.45) is 0 Å². The van der Waals surface area contributed by atoms with Gasteiger partial charge in [-0.15, -0.1) is 11.8 Å². The highest BCUT2D eigenvalue weighted by molar-refractivity contribution is 7.98. The van der Waals surface area contributed by atoms with Gasteiger partial charge in [-0.05, 0) is 119 Å². The Kier molecular flexibility index (Phi) is 11.9. The van der Waals surface area contributed by atoms with E-state index in [0.29, 0.717) is 0 Å². The summed E-state index contributed by atoms with van der Waals surface area (Å²) in [5.41, 5.74) is 12.4. The van der Waals surface area contributed by atoms with Crippen molar-refractivity contribution >= 4 is 34.4 Å². The van der Waals surface area contributed by atoms with E-state index >= 15 is 0 Å². The average Bonchev–Trinajstić information content (AvgIpc) is 3.39. The van der Waals surface area contributed by atoms with E-state index in [4.69, 9.17) is 9.47 Å². The minimum absolute atomic E-state index is 0.0861. The van der Waals surface area contributed by atoms with E-state index in [0.717, 1.165) is 86.5 Å². The number of thioether (sulfide) groups is 1. The lowest BCUT2D eigenvalue weighted by atomic mass is 9.78. The molecule has 4 heteroatoms. The molecule has 0 atom stereocenters. The largest absolute Gasteiger partial charge is 0.456 e. The number of allylic oxidation sites excluding steroid dienone is 4. The highest BCUT2D eigenvalue weighted by Crippen LogP contribution is 2.48. The summed E-state index contributed by atoms with van der Waals surface area (Å²) in [5, 5.41) is 0. The SMILES string of the molecule is CC/C=C\C(=C/CC)c1ccc(N(c2ccc(-c3ccccc3Oc3ccccc3SC)cc2)c2ccc(-c3cccc4c3Oc3ccccc3CC4(C)C)cc2)cc1. The molecule has 1 heterocycles. The van der Waals surface area contributed by atoms with Crippen LogP contribution in [0.2, 0.25) is 0 Å². The lowest BCUT2D eigenvalue weighted by Gasteiger charge is -2.27. The molecule has 7 aromatic rings. The summed E-state index contributed by atoms with van der Waals surface area (Å²) in [5.74, 6) is 3.55. The summed E-state index contributed by atoms with van der Waals surface area (Å²) in [7, 11) is 0. The molecule has 294 valence electrons. The molecule has 0 N–H and O–H groups in total. The predicted octanol–water partition coefficient (Wildman–Crippen LogP) is 16.4. The second-order valence-corrected chi connectivity index (χ2v) is 16.4. The molecule has 0 amide bonds. The molecule has 7 aromatic carbocycles. The summed E-state index contributed by atoms with van der Waals surface area (Å²) >= 11 is 1.69. The highest BCUT2D eigenvalue weighted by atomic mass is 32.2. The fourth-order valence-corrected chi connectivity index (χ4v) is 8.56. The quantitative estimate of drug-likeness (QED) is 0.0908. The van der Waals surface area contributed by atoms with Crippen molar-refractivity contribution in [3.63, 3.8) is 0 Å². The predicted molar refractivity (Wildman–Crippen MR) is 251 cm³/mol. The molecule has 0 saturated carbocycles. The second kappa shape index (κ2) is 17.7. The van der Waals surface area contributed by atoms with E-state index in [1.165, 1.54) is 22.3 Å². The normalized spacial score (nSPS) is 13.3. The molecule has 0 spiro atoms. The van der Waals surface area contributed by atoms with Gasteiger partial charge in [0.15, 0.2) is 0 Å². The third kappa shape index (κ3) is 8.51. The minimum atomic E-state index is -0.0861. The molecule has 59 heavy (non-hydrogen) atoms. The van der Waals surface area contributed by atoms with Gasteiger partial charge in [0.25, 0.3) is 0 Å². The molecule has 0 radical (unpaired) electrons. The van der Waals surface area contributed by atoms with Crippen LogP contribution in [0.15, 0.2) is 187 Å². The van der Waals surface area contributed by atoms with Crippen molar-refractivity contribution in [1.82, 2.24) is 0 Å². The van der Waals surface area contributed by atoms with Crippen LogP contribution in [-0.2, 0) is 11.8 Å². The van der Waals surface area contributed by atoms with Gasteiger partial charge < -0.3 is 14.4 Å². The van der Waals surface area contributed by atoms with Gasteiger partial charge >= 0.3 is 0 Å². The Labute approximate surface area is 354 Å². The first-order chi connectivity index (χ1) is 28.9. The van der Waals surface area contributed by atoms with Crippen molar-refractivity contribution in [3.05, 3.63) is 199 Å². The summed E-state index contributed by atoms with van der Waals surface area (Å²) in [4.78, 5) is 3.44. The summed E-state index contributed by atoms with van der Waals surface area (Å²) in [6, 6.07) is 58.1. The highest BCUT2D eigenvalue weighted by Gasteiger charge is 2.31. The van der Waals surface area contributed by atoms with Crippen molar-refractivity contribution < 1.29 is 9.47 Å². The molecule has 0 unspecified atom stereocenters. The lowest BCUT2D eigenvalue weighted by Crippen LogP contribution is -2.19. The Bertz CT molecular complexity index is 2600. The number of hydrogen-bond acceptors (Lipinski definition) is 4. The Morgan fingerprint density at radius 3 is 1.92 bits per heavy atom. The Morgan fingerprint density at radius 2 is 1.24 bits per heavy atom. The number of nitrogens with zero attached hydrogens (tertiary/aromatic N) is 1. The minimum Gasteiger partial charge on any atom is -0.456 e. The number of ether oxygens (including phenoxy) is 2. The number of rotatable bonds is 12. The molecule has 0 saturated heterocycles. The fourth-order valence-electron chi connectivity index (χ4n) is 8.03. The first-order valence-corrected chi connectivity index (χ1v) is 21.9. The zero-order valence-corrected chi connectivity index (χ0v) is 35.4. The maximum atomic E-state index is 6.78. The smallest absolute Gasteiger partial charge is 0.140 e. The molecule has 0 bridgehead atoms. The third-order valence-electron chi connectivity index (χ3n) is 11.0. The molecule has 0 aliphatic carbocycles. The number of para-hydroxylation sites is 4. The van der Waals surface area contributed by atoms with Crippen LogP contribution in [0.3, 0.4) is 0 Å². The van der Waals surface area contributed by atoms with Crippen LogP contribution in [0, 0.1) is 0 Å². The molecular formula is C55H51NO2S. The van der Waals surface area contributed by atoms with Gasteiger partial charge in [0.2, 0.25) is 0 Å². The van der Waals surface area contributed by atoms with Crippen LogP contribution in [0.25, 0.3) is 27.8 Å². The maximum Gasteiger partial charge on any atom is 0.140 e. The summed E-state index contributed by atoms with van der Waals surface area (Å²) in [6.07, 6.45) is 11.7. The first-order valence-electron chi connectivity index (χ1n) is 20.6. The van der Waals surface area contributed by atoms with Crippen molar-refractivity contribution in [2.75, 3.05) is 11.2 Å². The van der Waals surface area contributed by atoms with Gasteiger partial charge in [0.1, 0.15) is 23.0 Å². The van der Waals surface area contributed by atoms with Gasteiger partial charge in [-0.1, -0.05) is 149 Å². The van der Waals surface area contributed by atoms with Crippen LogP contribution in [-0.4, -0.2) is 6.26 Å². The first kappa shape index (κ1) is 39.6. The van der Waals surface area contributed by atoms with Crippen molar-refractivity contribution in [1.29, 1.82) is 0 Å². The van der Waals surface area contributed by atoms with Gasteiger partial charge in [-0.25, -0.2) is 0 Å². The van der Waals surface area contributed by atoms with Crippen LogP contribution in [0.1, 0.15) is 57.2 Å². The molecule has 8 rings (SSSR count). The van der Waals surface area contributed by atoms with Gasteiger partial charge in [-0.2, -0.15) is 0 Å². The number of anilines is 3. The zero-order valence-electron chi connectivity index (χ0n) is 34.6. The molecular weight excluding hydrogens is 739 g/mol. The van der Waals surface area contributed by atoms with Gasteiger partial charge in [0, 0.05) is 38.6 Å². The Morgan fingerprint density at radius 1 is 0.644 bits per heavy atom. The second-order valence-electron chi connectivity index (χ2n) is 15.6. The van der Waals surface area contributed by atoms with Crippen LogP contribution >= 0.6 is 11.8 Å². The summed E-state index contributed by atoms with van der Waals surface area (Å²) < 4.78 is 13.3. The number of benzene rings is 7. The topological polar surface area (TPSA) is 21.7 Å². The summed E-state index contributed by atoms with van der Waals surface area (Å²) in [6.45, 7) is 9.00. The molecule has 0 fully saturated rings. The number of fused-ring (bicyclic) bond motifs is 2. The van der Waals surface area contributed by atoms with E-state index in [2.05, 4.69) is 191 Å². The van der Waals surface area contributed by atoms with Crippen molar-refractivity contribution in [2.45, 2.75) is 57.3 Å². The molecule has 1 aliphatic heterocycles.